The molecule has 1 aromatic heterocycles. The maximum absolute atomic E-state index is 11.0. The van der Waals surface area contributed by atoms with Crippen molar-refractivity contribution in [2.75, 3.05) is 5.32 Å². The van der Waals surface area contributed by atoms with Gasteiger partial charge in [-0.05, 0) is 42.8 Å². The van der Waals surface area contributed by atoms with Gasteiger partial charge in [0.05, 0.1) is 28.0 Å². The SMILES string of the molecule is Cc1cc(Br)c(NC(C)c2nccnc2C)cc1[N+](=O)[O-]. The number of nitro benzene ring substituents is 1. The largest absolute Gasteiger partial charge is 0.376 e. The molecule has 110 valence electrons. The van der Waals surface area contributed by atoms with Crippen molar-refractivity contribution in [2.24, 2.45) is 0 Å². The molecule has 1 unspecified atom stereocenters. The summed E-state index contributed by atoms with van der Waals surface area (Å²) >= 11 is 3.43. The predicted molar refractivity (Wildman–Crippen MR) is 84.3 cm³/mol. The van der Waals surface area contributed by atoms with Gasteiger partial charge in [-0.2, -0.15) is 0 Å². The molecule has 0 radical (unpaired) electrons. The summed E-state index contributed by atoms with van der Waals surface area (Å²) in [6, 6.07) is 3.15. The van der Waals surface area contributed by atoms with Crippen LogP contribution >= 0.6 is 15.9 Å². The number of nitrogens with zero attached hydrogens (tertiary/aromatic N) is 3. The van der Waals surface area contributed by atoms with Crippen LogP contribution in [0.3, 0.4) is 0 Å². The van der Waals surface area contributed by atoms with Gasteiger partial charge in [0.25, 0.3) is 5.69 Å². The molecular formula is C14H15BrN4O2. The van der Waals surface area contributed by atoms with E-state index >= 15 is 0 Å². The summed E-state index contributed by atoms with van der Waals surface area (Å²) in [6.45, 7) is 5.53. The number of hydrogen-bond donors (Lipinski definition) is 1. The number of hydrogen-bond acceptors (Lipinski definition) is 5. The summed E-state index contributed by atoms with van der Waals surface area (Å²) in [5.74, 6) is 0. The first-order chi connectivity index (χ1) is 9.90. The molecule has 1 atom stereocenters. The van der Waals surface area contributed by atoms with Crippen molar-refractivity contribution in [3.05, 3.63) is 56.1 Å². The van der Waals surface area contributed by atoms with Gasteiger partial charge in [0, 0.05) is 28.5 Å². The predicted octanol–water partition coefficient (Wildman–Crippen LogP) is 3.94. The summed E-state index contributed by atoms with van der Waals surface area (Å²) in [7, 11) is 0. The van der Waals surface area contributed by atoms with Crippen molar-refractivity contribution in [3.8, 4) is 0 Å². The second kappa shape index (κ2) is 6.17. The number of nitrogens with one attached hydrogen (secondary N) is 1. The van der Waals surface area contributed by atoms with Crippen molar-refractivity contribution >= 4 is 27.3 Å². The van der Waals surface area contributed by atoms with Crippen LogP contribution in [0, 0.1) is 24.0 Å². The lowest BCUT2D eigenvalue weighted by atomic mass is 10.1. The first kappa shape index (κ1) is 15.4. The number of halogens is 1. The molecule has 21 heavy (non-hydrogen) atoms. The van der Waals surface area contributed by atoms with Gasteiger partial charge < -0.3 is 5.32 Å². The van der Waals surface area contributed by atoms with Crippen LogP contribution < -0.4 is 5.32 Å². The van der Waals surface area contributed by atoms with E-state index in [0.29, 0.717) is 11.3 Å². The smallest absolute Gasteiger partial charge is 0.274 e. The Kier molecular flexibility index (Phi) is 4.52. The van der Waals surface area contributed by atoms with Gasteiger partial charge in [0.1, 0.15) is 0 Å². The molecule has 2 rings (SSSR count). The second-order valence-electron chi connectivity index (χ2n) is 4.77. The molecular weight excluding hydrogens is 336 g/mol. The molecule has 1 heterocycles. The fourth-order valence-electron chi connectivity index (χ4n) is 2.11. The molecule has 0 saturated heterocycles. The van der Waals surface area contributed by atoms with Gasteiger partial charge in [-0.3, -0.25) is 20.1 Å². The van der Waals surface area contributed by atoms with Crippen LogP contribution in [0.15, 0.2) is 29.0 Å². The zero-order valence-corrected chi connectivity index (χ0v) is 13.5. The highest BCUT2D eigenvalue weighted by Crippen LogP contribution is 2.32. The number of anilines is 1. The molecule has 0 spiro atoms. The molecule has 7 heteroatoms. The minimum Gasteiger partial charge on any atom is -0.376 e. The standard InChI is InChI=1S/C14H15BrN4O2/c1-8-6-11(15)12(7-13(8)19(20)21)18-10(3)14-9(2)16-4-5-17-14/h4-7,10,18H,1-3H3. The topological polar surface area (TPSA) is 81.0 Å². The van der Waals surface area contributed by atoms with E-state index in [-0.39, 0.29) is 16.7 Å². The van der Waals surface area contributed by atoms with Crippen LogP contribution in [0.1, 0.15) is 29.9 Å². The summed E-state index contributed by atoms with van der Waals surface area (Å²) in [5.41, 5.74) is 3.00. The van der Waals surface area contributed by atoms with E-state index in [0.717, 1.165) is 15.9 Å². The van der Waals surface area contributed by atoms with Crippen molar-refractivity contribution < 1.29 is 4.92 Å². The summed E-state index contributed by atoms with van der Waals surface area (Å²) in [4.78, 5) is 19.2. The third-order valence-electron chi connectivity index (χ3n) is 3.18. The molecule has 0 fully saturated rings. The molecule has 0 aliphatic heterocycles. The van der Waals surface area contributed by atoms with Crippen LogP contribution in [0.5, 0.6) is 0 Å². The minimum absolute atomic E-state index is 0.0868. The van der Waals surface area contributed by atoms with E-state index in [1.165, 1.54) is 6.07 Å². The number of benzene rings is 1. The van der Waals surface area contributed by atoms with E-state index in [1.54, 1.807) is 25.4 Å². The highest BCUT2D eigenvalue weighted by molar-refractivity contribution is 9.10. The number of nitro groups is 1. The molecule has 0 aliphatic rings. The Balaban J connectivity index is 2.33. The molecule has 2 aromatic rings. The van der Waals surface area contributed by atoms with Gasteiger partial charge in [0.15, 0.2) is 0 Å². The normalized spacial score (nSPS) is 12.0. The Bertz CT molecular complexity index is 691. The zero-order valence-electron chi connectivity index (χ0n) is 11.9. The lowest BCUT2D eigenvalue weighted by Gasteiger charge is -2.17. The number of rotatable bonds is 4. The Labute approximate surface area is 130 Å². The minimum atomic E-state index is -0.384. The van der Waals surface area contributed by atoms with Crippen LogP contribution in [-0.4, -0.2) is 14.9 Å². The van der Waals surface area contributed by atoms with Crippen molar-refractivity contribution in [2.45, 2.75) is 26.8 Å². The zero-order chi connectivity index (χ0) is 15.6. The summed E-state index contributed by atoms with van der Waals surface area (Å²) in [5, 5.41) is 14.3. The van der Waals surface area contributed by atoms with Gasteiger partial charge >= 0.3 is 0 Å². The number of aromatic nitrogens is 2. The van der Waals surface area contributed by atoms with E-state index < -0.39 is 0 Å². The summed E-state index contributed by atoms with van der Waals surface area (Å²) in [6.07, 6.45) is 3.27. The molecule has 0 amide bonds. The van der Waals surface area contributed by atoms with Gasteiger partial charge in [-0.15, -0.1) is 0 Å². The highest BCUT2D eigenvalue weighted by atomic mass is 79.9. The highest BCUT2D eigenvalue weighted by Gasteiger charge is 2.17. The average Bonchev–Trinajstić information content (AvgIpc) is 2.41. The van der Waals surface area contributed by atoms with E-state index in [9.17, 15) is 10.1 Å². The lowest BCUT2D eigenvalue weighted by molar-refractivity contribution is -0.385. The number of aryl methyl sites for hydroxylation is 2. The molecule has 0 aliphatic carbocycles. The average molecular weight is 351 g/mol. The van der Waals surface area contributed by atoms with Gasteiger partial charge in [-0.25, -0.2) is 0 Å². The fraction of sp³-hybridized carbons (Fsp3) is 0.286. The molecule has 0 saturated carbocycles. The van der Waals surface area contributed by atoms with Gasteiger partial charge in [-0.1, -0.05) is 0 Å². The van der Waals surface area contributed by atoms with E-state index in [4.69, 9.17) is 0 Å². The molecule has 0 bridgehead atoms. The maximum Gasteiger partial charge on any atom is 0.274 e. The van der Waals surface area contributed by atoms with E-state index in [2.05, 4.69) is 31.2 Å². The fourth-order valence-corrected chi connectivity index (χ4v) is 2.69. The molecule has 6 nitrogen and oxygen atoms in total. The van der Waals surface area contributed by atoms with Crippen LogP contribution in [0.4, 0.5) is 11.4 Å². The van der Waals surface area contributed by atoms with Gasteiger partial charge in [0.2, 0.25) is 0 Å². The monoisotopic (exact) mass is 350 g/mol. The first-order valence-electron chi connectivity index (χ1n) is 6.38. The van der Waals surface area contributed by atoms with Crippen molar-refractivity contribution in [1.29, 1.82) is 0 Å². The Morgan fingerprint density at radius 3 is 2.57 bits per heavy atom. The quantitative estimate of drug-likeness (QED) is 0.667. The Morgan fingerprint density at radius 2 is 1.95 bits per heavy atom. The Hall–Kier alpha value is -2.02. The van der Waals surface area contributed by atoms with Crippen LogP contribution in [0.2, 0.25) is 0 Å². The first-order valence-corrected chi connectivity index (χ1v) is 7.18. The third kappa shape index (κ3) is 3.36. The summed E-state index contributed by atoms with van der Waals surface area (Å²) < 4.78 is 0.777. The Morgan fingerprint density at radius 1 is 1.29 bits per heavy atom. The van der Waals surface area contributed by atoms with Crippen molar-refractivity contribution in [3.63, 3.8) is 0 Å². The second-order valence-corrected chi connectivity index (χ2v) is 5.62. The maximum atomic E-state index is 11.0. The molecule has 1 N–H and O–H groups in total. The van der Waals surface area contributed by atoms with Crippen molar-refractivity contribution in [1.82, 2.24) is 9.97 Å². The lowest BCUT2D eigenvalue weighted by Crippen LogP contribution is -2.11. The molecule has 1 aromatic carbocycles. The van der Waals surface area contributed by atoms with Crippen LogP contribution in [-0.2, 0) is 0 Å². The third-order valence-corrected chi connectivity index (χ3v) is 3.84. The van der Waals surface area contributed by atoms with E-state index in [1.807, 2.05) is 13.8 Å². The van der Waals surface area contributed by atoms with Crippen LogP contribution in [0.25, 0.3) is 0 Å².